The Hall–Kier alpha value is -2.54. The Labute approximate surface area is 154 Å². The van der Waals surface area contributed by atoms with Crippen molar-refractivity contribution >= 4 is 33.0 Å². The number of anilines is 3. The highest BCUT2D eigenvalue weighted by molar-refractivity contribution is 7.92. The van der Waals surface area contributed by atoms with Crippen LogP contribution in [0.5, 0.6) is 0 Å². The van der Waals surface area contributed by atoms with E-state index in [0.29, 0.717) is 11.3 Å². The first-order valence-electron chi connectivity index (χ1n) is 8.65. The van der Waals surface area contributed by atoms with Gasteiger partial charge in [0.2, 0.25) is 10.0 Å². The maximum absolute atomic E-state index is 12.7. The molecule has 1 saturated heterocycles. The molecule has 0 saturated carbocycles. The molecule has 0 aliphatic carbocycles. The topological polar surface area (TPSA) is 78.5 Å². The lowest BCUT2D eigenvalue weighted by atomic mass is 10.1. The number of hydrogen-bond donors (Lipinski definition) is 2. The fourth-order valence-electron chi connectivity index (χ4n) is 3.12. The average molecular weight is 373 g/mol. The number of benzene rings is 2. The minimum absolute atomic E-state index is 0.272. The number of amides is 1. The number of hydrogen-bond acceptors (Lipinski definition) is 4. The number of rotatable bonds is 5. The van der Waals surface area contributed by atoms with Crippen molar-refractivity contribution in [2.75, 3.05) is 34.3 Å². The molecule has 6 nitrogen and oxygen atoms in total. The predicted molar refractivity (Wildman–Crippen MR) is 105 cm³/mol. The lowest BCUT2D eigenvalue weighted by Crippen LogP contribution is -2.30. The van der Waals surface area contributed by atoms with Gasteiger partial charge in [0, 0.05) is 24.3 Å². The van der Waals surface area contributed by atoms with E-state index < -0.39 is 10.0 Å². The molecule has 0 spiro atoms. The Balaban J connectivity index is 1.79. The van der Waals surface area contributed by atoms with Crippen molar-refractivity contribution in [2.45, 2.75) is 19.3 Å². The molecule has 2 aromatic rings. The Morgan fingerprint density at radius 3 is 2.46 bits per heavy atom. The molecule has 0 aromatic heterocycles. The van der Waals surface area contributed by atoms with Crippen molar-refractivity contribution in [1.82, 2.24) is 0 Å². The minimum atomic E-state index is -3.39. The molecule has 1 aliphatic heterocycles. The van der Waals surface area contributed by atoms with Crippen LogP contribution >= 0.6 is 0 Å². The molecule has 0 unspecified atom stereocenters. The molecule has 0 atom stereocenters. The van der Waals surface area contributed by atoms with E-state index in [1.165, 1.54) is 12.5 Å². The first-order chi connectivity index (χ1) is 12.4. The lowest BCUT2D eigenvalue weighted by Gasteiger charge is -2.30. The lowest BCUT2D eigenvalue weighted by molar-refractivity contribution is 0.102. The van der Waals surface area contributed by atoms with E-state index in [-0.39, 0.29) is 5.91 Å². The van der Waals surface area contributed by atoms with Gasteiger partial charge in [-0.25, -0.2) is 8.42 Å². The van der Waals surface area contributed by atoms with E-state index in [9.17, 15) is 13.2 Å². The molecule has 7 heteroatoms. The number of para-hydroxylation sites is 2. The Bertz CT molecular complexity index is 890. The third kappa shape index (κ3) is 4.76. The van der Waals surface area contributed by atoms with Crippen LogP contribution in [0.4, 0.5) is 17.1 Å². The summed E-state index contributed by atoms with van der Waals surface area (Å²) in [6.45, 7) is 1.97. The van der Waals surface area contributed by atoms with Crippen LogP contribution in [0.15, 0.2) is 48.5 Å². The second-order valence-electron chi connectivity index (χ2n) is 6.47. The van der Waals surface area contributed by atoms with Gasteiger partial charge >= 0.3 is 0 Å². The first kappa shape index (κ1) is 18.3. The fourth-order valence-corrected chi connectivity index (χ4v) is 3.68. The molecule has 3 rings (SSSR count). The highest BCUT2D eigenvalue weighted by atomic mass is 32.2. The predicted octanol–water partition coefficient (Wildman–Crippen LogP) is 3.30. The van der Waals surface area contributed by atoms with Gasteiger partial charge in [-0.05, 0) is 49.6 Å². The molecule has 1 fully saturated rings. The summed E-state index contributed by atoms with van der Waals surface area (Å²) in [4.78, 5) is 15.0. The maximum Gasteiger partial charge on any atom is 0.255 e. The van der Waals surface area contributed by atoms with E-state index in [1.807, 2.05) is 24.3 Å². The second kappa shape index (κ2) is 7.78. The average Bonchev–Trinajstić information content (AvgIpc) is 2.62. The Morgan fingerprint density at radius 1 is 1.00 bits per heavy atom. The summed E-state index contributed by atoms with van der Waals surface area (Å²) in [6, 6.07) is 14.2. The number of carbonyl (C=O) groups excluding carboxylic acids is 1. The molecular formula is C19H23N3O3S. The number of piperidine rings is 1. The first-order valence-corrected chi connectivity index (χ1v) is 10.5. The summed E-state index contributed by atoms with van der Waals surface area (Å²) in [7, 11) is -3.39. The minimum Gasteiger partial charge on any atom is -0.370 e. The van der Waals surface area contributed by atoms with Crippen molar-refractivity contribution in [3.8, 4) is 0 Å². The van der Waals surface area contributed by atoms with Crippen LogP contribution in [0.2, 0.25) is 0 Å². The van der Waals surface area contributed by atoms with Crippen LogP contribution in [0.3, 0.4) is 0 Å². The largest absolute Gasteiger partial charge is 0.370 e. The van der Waals surface area contributed by atoms with Crippen LogP contribution in [-0.4, -0.2) is 33.7 Å². The van der Waals surface area contributed by atoms with Gasteiger partial charge in [0.15, 0.2) is 0 Å². The van der Waals surface area contributed by atoms with E-state index >= 15 is 0 Å². The number of nitrogens with one attached hydrogen (secondary N) is 2. The van der Waals surface area contributed by atoms with Crippen molar-refractivity contribution in [1.29, 1.82) is 0 Å². The fraction of sp³-hybridized carbons (Fsp3) is 0.316. The molecule has 138 valence electrons. The van der Waals surface area contributed by atoms with Crippen molar-refractivity contribution in [2.24, 2.45) is 0 Å². The zero-order chi connectivity index (χ0) is 18.6. The van der Waals surface area contributed by atoms with Gasteiger partial charge in [0.05, 0.1) is 17.6 Å². The van der Waals surface area contributed by atoms with Gasteiger partial charge in [0.25, 0.3) is 5.91 Å². The van der Waals surface area contributed by atoms with E-state index in [2.05, 4.69) is 14.9 Å². The normalized spacial score (nSPS) is 14.7. The van der Waals surface area contributed by atoms with Crippen LogP contribution in [-0.2, 0) is 10.0 Å². The molecule has 26 heavy (non-hydrogen) atoms. The van der Waals surface area contributed by atoms with Crippen LogP contribution in [0.1, 0.15) is 29.6 Å². The smallest absolute Gasteiger partial charge is 0.255 e. The molecular weight excluding hydrogens is 350 g/mol. The standard InChI is InChI=1S/C19H23N3O3S/c1-26(24,25)21-16-9-7-8-15(14-16)19(23)20-17-10-3-4-11-18(17)22-12-5-2-6-13-22/h3-4,7-11,14,21H,2,5-6,12-13H2,1H3,(H,20,23). The van der Waals surface area contributed by atoms with Gasteiger partial charge in [-0.2, -0.15) is 0 Å². The van der Waals surface area contributed by atoms with Gasteiger partial charge in [-0.15, -0.1) is 0 Å². The second-order valence-corrected chi connectivity index (χ2v) is 8.22. The third-order valence-corrected chi connectivity index (χ3v) is 4.88. The highest BCUT2D eigenvalue weighted by Gasteiger charge is 2.16. The van der Waals surface area contributed by atoms with E-state index in [1.54, 1.807) is 18.2 Å². The van der Waals surface area contributed by atoms with Gasteiger partial charge in [0.1, 0.15) is 0 Å². The quantitative estimate of drug-likeness (QED) is 0.843. The Morgan fingerprint density at radius 2 is 1.73 bits per heavy atom. The monoisotopic (exact) mass is 373 g/mol. The van der Waals surface area contributed by atoms with Gasteiger partial charge in [-0.1, -0.05) is 18.2 Å². The molecule has 0 radical (unpaired) electrons. The number of carbonyl (C=O) groups is 1. The summed E-state index contributed by atoms with van der Waals surface area (Å²) in [5, 5.41) is 2.96. The van der Waals surface area contributed by atoms with Crippen molar-refractivity contribution < 1.29 is 13.2 Å². The van der Waals surface area contributed by atoms with Crippen molar-refractivity contribution in [3.63, 3.8) is 0 Å². The summed E-state index contributed by atoms with van der Waals surface area (Å²) >= 11 is 0. The SMILES string of the molecule is CS(=O)(=O)Nc1cccc(C(=O)Nc2ccccc2N2CCCCC2)c1. The molecule has 2 N–H and O–H groups in total. The summed E-state index contributed by atoms with van der Waals surface area (Å²) in [5.74, 6) is -0.272. The highest BCUT2D eigenvalue weighted by Crippen LogP contribution is 2.28. The molecule has 1 heterocycles. The number of nitrogens with zero attached hydrogens (tertiary/aromatic N) is 1. The van der Waals surface area contributed by atoms with Crippen LogP contribution in [0, 0.1) is 0 Å². The molecule has 0 bridgehead atoms. The van der Waals surface area contributed by atoms with Crippen LogP contribution in [0.25, 0.3) is 0 Å². The van der Waals surface area contributed by atoms with E-state index in [0.717, 1.165) is 43.6 Å². The zero-order valence-corrected chi connectivity index (χ0v) is 15.6. The zero-order valence-electron chi connectivity index (χ0n) is 14.7. The molecule has 2 aromatic carbocycles. The van der Waals surface area contributed by atoms with Gasteiger partial charge in [-0.3, -0.25) is 9.52 Å². The molecule has 1 aliphatic rings. The number of sulfonamides is 1. The van der Waals surface area contributed by atoms with E-state index in [4.69, 9.17) is 0 Å². The summed E-state index contributed by atoms with van der Waals surface area (Å²) in [6.07, 6.45) is 4.63. The Kier molecular flexibility index (Phi) is 5.46. The summed E-state index contributed by atoms with van der Waals surface area (Å²) in [5.41, 5.74) is 2.54. The molecule has 1 amide bonds. The van der Waals surface area contributed by atoms with Crippen molar-refractivity contribution in [3.05, 3.63) is 54.1 Å². The maximum atomic E-state index is 12.7. The van der Waals surface area contributed by atoms with Crippen LogP contribution < -0.4 is 14.9 Å². The van der Waals surface area contributed by atoms with Gasteiger partial charge < -0.3 is 10.2 Å². The third-order valence-electron chi connectivity index (χ3n) is 4.28. The summed E-state index contributed by atoms with van der Waals surface area (Å²) < 4.78 is 25.1.